The molecule has 2 aromatic rings. The molecule has 0 atom stereocenters. The summed E-state index contributed by atoms with van der Waals surface area (Å²) in [5.74, 6) is 0.608. The SMILES string of the molecule is Cc1ccc(NC(=O)CC2CCNCC2)c2cccnc12.Cl.Cl. The smallest absolute Gasteiger partial charge is 0.224 e. The van der Waals surface area contributed by atoms with Crippen LogP contribution in [0.5, 0.6) is 0 Å². The number of benzene rings is 1. The molecule has 0 unspecified atom stereocenters. The third-order valence-corrected chi connectivity index (χ3v) is 4.18. The summed E-state index contributed by atoms with van der Waals surface area (Å²) in [4.78, 5) is 16.7. The van der Waals surface area contributed by atoms with Crippen LogP contribution >= 0.6 is 24.8 Å². The van der Waals surface area contributed by atoms with E-state index in [9.17, 15) is 4.79 Å². The number of hydrogen-bond donors (Lipinski definition) is 2. The Morgan fingerprint density at radius 1 is 1.26 bits per heavy atom. The minimum absolute atomic E-state index is 0. The molecule has 0 saturated carbocycles. The number of aryl methyl sites for hydroxylation is 1. The summed E-state index contributed by atoms with van der Waals surface area (Å²) < 4.78 is 0. The van der Waals surface area contributed by atoms with Crippen LogP contribution in [0.4, 0.5) is 5.69 Å². The molecule has 6 heteroatoms. The first-order chi connectivity index (χ1) is 10.2. The highest BCUT2D eigenvalue weighted by Gasteiger charge is 2.17. The number of halogens is 2. The standard InChI is InChI=1S/C17H21N3O.2ClH/c1-12-4-5-15(14-3-2-8-19-17(12)14)20-16(21)11-13-6-9-18-10-7-13;;/h2-5,8,13,18H,6-7,9-11H2,1H3,(H,20,21);2*1H. The third-order valence-electron chi connectivity index (χ3n) is 4.18. The van der Waals surface area contributed by atoms with Gasteiger partial charge in [0.2, 0.25) is 5.91 Å². The molecular weight excluding hydrogens is 333 g/mol. The van der Waals surface area contributed by atoms with Crippen molar-refractivity contribution in [3.8, 4) is 0 Å². The molecule has 2 heterocycles. The average molecular weight is 356 g/mol. The van der Waals surface area contributed by atoms with Gasteiger partial charge in [-0.1, -0.05) is 6.07 Å². The monoisotopic (exact) mass is 355 g/mol. The number of fused-ring (bicyclic) bond motifs is 1. The van der Waals surface area contributed by atoms with Crippen LogP contribution in [-0.4, -0.2) is 24.0 Å². The number of hydrogen-bond acceptors (Lipinski definition) is 3. The number of amides is 1. The van der Waals surface area contributed by atoms with Gasteiger partial charge in [0.1, 0.15) is 0 Å². The van der Waals surface area contributed by atoms with Crippen LogP contribution in [0.3, 0.4) is 0 Å². The predicted molar refractivity (Wildman–Crippen MR) is 99.8 cm³/mol. The van der Waals surface area contributed by atoms with Crippen molar-refractivity contribution in [3.63, 3.8) is 0 Å². The maximum atomic E-state index is 12.3. The Morgan fingerprint density at radius 2 is 2.00 bits per heavy atom. The maximum Gasteiger partial charge on any atom is 0.224 e. The first-order valence-corrected chi connectivity index (χ1v) is 7.59. The second kappa shape index (κ2) is 9.06. The Labute approximate surface area is 149 Å². The van der Waals surface area contributed by atoms with E-state index in [1.54, 1.807) is 6.20 Å². The summed E-state index contributed by atoms with van der Waals surface area (Å²) in [5, 5.41) is 7.40. The Balaban J connectivity index is 0.00000132. The van der Waals surface area contributed by atoms with E-state index in [1.165, 1.54) is 0 Å². The summed E-state index contributed by atoms with van der Waals surface area (Å²) in [6.07, 6.45) is 4.57. The number of rotatable bonds is 3. The highest BCUT2D eigenvalue weighted by atomic mass is 35.5. The van der Waals surface area contributed by atoms with Gasteiger partial charge in [0.15, 0.2) is 0 Å². The number of anilines is 1. The van der Waals surface area contributed by atoms with Crippen LogP contribution in [0.25, 0.3) is 10.9 Å². The molecule has 23 heavy (non-hydrogen) atoms. The number of nitrogens with one attached hydrogen (secondary N) is 2. The average Bonchev–Trinajstić information content (AvgIpc) is 2.51. The first-order valence-electron chi connectivity index (χ1n) is 7.59. The van der Waals surface area contributed by atoms with Crippen molar-refractivity contribution in [3.05, 3.63) is 36.0 Å². The molecule has 1 aliphatic heterocycles. The van der Waals surface area contributed by atoms with Crippen LogP contribution in [-0.2, 0) is 4.79 Å². The zero-order valence-corrected chi connectivity index (χ0v) is 14.8. The van der Waals surface area contributed by atoms with Crippen LogP contribution in [0, 0.1) is 12.8 Å². The van der Waals surface area contributed by atoms with Crippen LogP contribution in [0.2, 0.25) is 0 Å². The lowest BCUT2D eigenvalue weighted by atomic mass is 9.94. The Bertz CT molecular complexity index is 657. The number of nitrogens with zero attached hydrogens (tertiary/aromatic N) is 1. The van der Waals surface area contributed by atoms with Crippen molar-refractivity contribution in [2.75, 3.05) is 18.4 Å². The fourth-order valence-electron chi connectivity index (χ4n) is 2.97. The third kappa shape index (κ3) is 4.80. The van der Waals surface area contributed by atoms with E-state index < -0.39 is 0 Å². The molecule has 1 aliphatic rings. The Kier molecular flexibility index (Phi) is 7.76. The van der Waals surface area contributed by atoms with Gasteiger partial charge in [0.05, 0.1) is 11.2 Å². The molecular formula is C17H23Cl2N3O. The van der Waals surface area contributed by atoms with Gasteiger partial charge in [-0.05, 0) is 62.5 Å². The number of aromatic nitrogens is 1. The van der Waals surface area contributed by atoms with E-state index in [0.29, 0.717) is 12.3 Å². The molecule has 3 rings (SSSR count). The van der Waals surface area contributed by atoms with Crippen molar-refractivity contribution >= 4 is 47.3 Å². The van der Waals surface area contributed by atoms with E-state index >= 15 is 0 Å². The summed E-state index contributed by atoms with van der Waals surface area (Å²) in [6.45, 7) is 4.08. The molecule has 0 spiro atoms. The highest BCUT2D eigenvalue weighted by molar-refractivity contribution is 6.01. The quantitative estimate of drug-likeness (QED) is 0.881. The molecule has 1 aromatic carbocycles. The zero-order chi connectivity index (χ0) is 14.7. The molecule has 1 saturated heterocycles. The zero-order valence-electron chi connectivity index (χ0n) is 13.2. The van der Waals surface area contributed by atoms with E-state index in [4.69, 9.17) is 0 Å². The van der Waals surface area contributed by atoms with Gasteiger partial charge in [-0.2, -0.15) is 0 Å². The number of pyridine rings is 1. The lowest BCUT2D eigenvalue weighted by molar-refractivity contribution is -0.117. The minimum atomic E-state index is 0. The van der Waals surface area contributed by atoms with Crippen LogP contribution in [0.15, 0.2) is 30.5 Å². The molecule has 0 bridgehead atoms. The molecule has 1 aromatic heterocycles. The number of piperidine rings is 1. The topological polar surface area (TPSA) is 54.0 Å². The Morgan fingerprint density at radius 3 is 2.74 bits per heavy atom. The molecule has 0 radical (unpaired) electrons. The normalized spacial score (nSPS) is 14.7. The fourth-order valence-corrected chi connectivity index (χ4v) is 2.97. The molecule has 2 N–H and O–H groups in total. The van der Waals surface area contributed by atoms with Gasteiger partial charge in [-0.15, -0.1) is 24.8 Å². The number of carbonyl (C=O) groups is 1. The minimum Gasteiger partial charge on any atom is -0.325 e. The van der Waals surface area contributed by atoms with Gasteiger partial charge in [-0.3, -0.25) is 9.78 Å². The fraction of sp³-hybridized carbons (Fsp3) is 0.412. The van der Waals surface area contributed by atoms with Crippen molar-refractivity contribution in [2.45, 2.75) is 26.2 Å². The van der Waals surface area contributed by atoms with E-state index in [0.717, 1.165) is 48.1 Å². The Hall–Kier alpha value is -1.36. The first kappa shape index (κ1) is 19.7. The predicted octanol–water partition coefficient (Wildman–Crippen LogP) is 3.72. The lowest BCUT2D eigenvalue weighted by Crippen LogP contribution is -2.30. The summed E-state index contributed by atoms with van der Waals surface area (Å²) in [7, 11) is 0. The van der Waals surface area contributed by atoms with Gasteiger partial charge in [0, 0.05) is 18.0 Å². The number of carbonyl (C=O) groups excluding carboxylic acids is 1. The molecule has 126 valence electrons. The maximum absolute atomic E-state index is 12.3. The summed E-state index contributed by atoms with van der Waals surface area (Å²) in [6, 6.07) is 7.90. The van der Waals surface area contributed by atoms with Crippen LogP contribution < -0.4 is 10.6 Å². The largest absolute Gasteiger partial charge is 0.325 e. The summed E-state index contributed by atoms with van der Waals surface area (Å²) >= 11 is 0. The van der Waals surface area contributed by atoms with Crippen molar-refractivity contribution in [2.24, 2.45) is 5.92 Å². The van der Waals surface area contributed by atoms with E-state index in [1.807, 2.05) is 31.2 Å². The van der Waals surface area contributed by atoms with E-state index in [2.05, 4.69) is 15.6 Å². The molecule has 0 aliphatic carbocycles. The second-order valence-electron chi connectivity index (χ2n) is 5.78. The van der Waals surface area contributed by atoms with Crippen molar-refractivity contribution in [1.29, 1.82) is 0 Å². The van der Waals surface area contributed by atoms with Crippen molar-refractivity contribution in [1.82, 2.24) is 10.3 Å². The highest BCUT2D eigenvalue weighted by Crippen LogP contribution is 2.25. The lowest BCUT2D eigenvalue weighted by Gasteiger charge is -2.22. The molecule has 1 amide bonds. The second-order valence-corrected chi connectivity index (χ2v) is 5.78. The van der Waals surface area contributed by atoms with E-state index in [-0.39, 0.29) is 30.7 Å². The summed E-state index contributed by atoms with van der Waals surface area (Å²) in [5.41, 5.74) is 2.95. The van der Waals surface area contributed by atoms with Gasteiger partial charge in [0.25, 0.3) is 0 Å². The van der Waals surface area contributed by atoms with Gasteiger partial charge in [-0.25, -0.2) is 0 Å². The van der Waals surface area contributed by atoms with Gasteiger partial charge >= 0.3 is 0 Å². The van der Waals surface area contributed by atoms with Crippen molar-refractivity contribution < 1.29 is 4.79 Å². The van der Waals surface area contributed by atoms with Crippen LogP contribution in [0.1, 0.15) is 24.8 Å². The molecule has 4 nitrogen and oxygen atoms in total. The van der Waals surface area contributed by atoms with Gasteiger partial charge < -0.3 is 10.6 Å². The molecule has 1 fully saturated rings.